The van der Waals surface area contributed by atoms with Crippen LogP contribution in [-0.4, -0.2) is 0 Å². The Morgan fingerprint density at radius 2 is 0.737 bits per heavy atom. The van der Waals surface area contributed by atoms with Gasteiger partial charge in [-0.15, -0.1) is 0 Å². The average molecular weight is 727 g/mol. The molecule has 0 saturated carbocycles. The molecule has 0 atom stereocenters. The van der Waals surface area contributed by atoms with E-state index in [1.54, 1.807) is 0 Å². The number of rotatable bonds is 7. The molecule has 0 unspecified atom stereocenters. The van der Waals surface area contributed by atoms with Crippen LogP contribution in [0.1, 0.15) is 25.3 Å². The van der Waals surface area contributed by atoms with Crippen molar-refractivity contribution in [1.29, 1.82) is 0 Å². The fourth-order valence-electron chi connectivity index (χ4n) is 8.80. The lowest BCUT2D eigenvalue weighted by Gasteiger charge is -2.20. The van der Waals surface area contributed by atoms with Crippen LogP contribution in [0.2, 0.25) is 0 Å². The Morgan fingerprint density at radius 1 is 0.263 bits per heavy atom. The summed E-state index contributed by atoms with van der Waals surface area (Å²) in [6.45, 7) is 4.55. The summed E-state index contributed by atoms with van der Waals surface area (Å²) < 4.78 is 0. The lowest BCUT2D eigenvalue weighted by Crippen LogP contribution is -1.94. The van der Waals surface area contributed by atoms with E-state index in [1.807, 2.05) is 0 Å². The van der Waals surface area contributed by atoms with E-state index in [0.29, 0.717) is 5.92 Å². The Balaban J connectivity index is 1.19. The van der Waals surface area contributed by atoms with Gasteiger partial charge < -0.3 is 0 Å². The highest BCUT2D eigenvalue weighted by Crippen LogP contribution is 2.46. The summed E-state index contributed by atoms with van der Waals surface area (Å²) in [5.74, 6) is 0.452. The molecule has 0 amide bonds. The van der Waals surface area contributed by atoms with Crippen LogP contribution in [-0.2, 0) is 0 Å². The highest BCUT2D eigenvalue weighted by Gasteiger charge is 2.19. The van der Waals surface area contributed by atoms with Gasteiger partial charge in [-0.3, -0.25) is 0 Å². The molecule has 0 N–H and O–H groups in total. The molecule has 0 aliphatic carbocycles. The van der Waals surface area contributed by atoms with Crippen molar-refractivity contribution in [2.24, 2.45) is 0 Å². The van der Waals surface area contributed by atoms with Gasteiger partial charge in [0.15, 0.2) is 0 Å². The zero-order valence-electron chi connectivity index (χ0n) is 32.3. The molecule has 0 aromatic heterocycles. The summed E-state index contributed by atoms with van der Waals surface area (Å²) in [6.07, 6.45) is 0. The van der Waals surface area contributed by atoms with Crippen molar-refractivity contribution >= 4 is 32.3 Å². The van der Waals surface area contributed by atoms with Crippen LogP contribution in [0.3, 0.4) is 0 Å². The minimum absolute atomic E-state index is 0.452. The molecule has 0 fully saturated rings. The Kier molecular flexibility index (Phi) is 8.81. The maximum absolute atomic E-state index is 2.44. The normalized spacial score (nSPS) is 11.5. The molecule has 10 aromatic rings. The smallest absolute Gasteiger partial charge is 0.00261 e. The van der Waals surface area contributed by atoms with Gasteiger partial charge in [-0.2, -0.15) is 0 Å². The second-order valence-electron chi connectivity index (χ2n) is 15.4. The summed E-state index contributed by atoms with van der Waals surface area (Å²) in [4.78, 5) is 0. The lowest BCUT2D eigenvalue weighted by atomic mass is 9.83. The Labute approximate surface area is 335 Å². The minimum Gasteiger partial charge on any atom is -0.0622 e. The Hall–Kier alpha value is -7.02. The monoisotopic (exact) mass is 726 g/mol. The van der Waals surface area contributed by atoms with Crippen LogP contribution in [0.5, 0.6) is 0 Å². The molecule has 0 spiro atoms. The molecule has 0 heteroatoms. The van der Waals surface area contributed by atoms with E-state index in [2.05, 4.69) is 226 Å². The molecule has 0 saturated heterocycles. The number of hydrogen-bond acceptors (Lipinski definition) is 0. The molecule has 57 heavy (non-hydrogen) atoms. The van der Waals surface area contributed by atoms with Crippen LogP contribution >= 0.6 is 0 Å². The van der Waals surface area contributed by atoms with E-state index in [4.69, 9.17) is 0 Å². The third-order valence-electron chi connectivity index (χ3n) is 11.7. The average Bonchev–Trinajstić information content (AvgIpc) is 3.28. The molecule has 0 nitrogen and oxygen atoms in total. The maximum Gasteiger partial charge on any atom is -0.00261 e. The molecule has 10 aromatic carbocycles. The van der Waals surface area contributed by atoms with E-state index in [-0.39, 0.29) is 0 Å². The zero-order chi connectivity index (χ0) is 38.3. The SMILES string of the molecule is CC(C)c1cccc(-c2c3ccccc3c(-c3ccc(-c4cccc(-c5ccccc5)c4)c(-c4ccc(-c5cccc6ccccc56)cc4)c3)c3ccccc23)c1. The Bertz CT molecular complexity index is 3010. The van der Waals surface area contributed by atoms with Gasteiger partial charge in [0.1, 0.15) is 0 Å². The summed E-state index contributed by atoms with van der Waals surface area (Å²) in [6, 6.07) is 78.3. The molecule has 0 aliphatic rings. The molecular formula is C57H42. The van der Waals surface area contributed by atoms with Gasteiger partial charge in [0.25, 0.3) is 0 Å². The quantitative estimate of drug-likeness (QED) is 0.143. The summed E-state index contributed by atoms with van der Waals surface area (Å²) in [5.41, 5.74) is 16.1. The van der Waals surface area contributed by atoms with Gasteiger partial charge in [-0.25, -0.2) is 0 Å². The molecule has 0 bridgehead atoms. The molecule has 270 valence electrons. The van der Waals surface area contributed by atoms with Crippen LogP contribution < -0.4 is 0 Å². The van der Waals surface area contributed by atoms with Gasteiger partial charge in [-0.05, 0) is 123 Å². The first kappa shape index (κ1) is 34.5. The molecular weight excluding hydrogens is 685 g/mol. The molecule has 10 rings (SSSR count). The van der Waals surface area contributed by atoms with E-state index in [1.165, 1.54) is 105 Å². The standard InChI is InChI=1S/C57H42/c1-38(2)43-19-12-22-46(35-43)56-51-24-8-10-26-53(51)57(54-27-11-9-25-52(54)56)47-33-34-50(45-21-13-20-44(36-45)39-15-4-3-5-16-39)55(37-47)42-31-29-41(30-32-42)49-28-14-18-40-17-6-7-23-48(40)49/h3-38H,1-2H3. The maximum atomic E-state index is 2.44. The van der Waals surface area contributed by atoms with E-state index < -0.39 is 0 Å². The van der Waals surface area contributed by atoms with Gasteiger partial charge in [0, 0.05) is 0 Å². The topological polar surface area (TPSA) is 0 Å². The van der Waals surface area contributed by atoms with Crippen LogP contribution in [0.25, 0.3) is 99.1 Å². The van der Waals surface area contributed by atoms with Crippen molar-refractivity contribution in [2.45, 2.75) is 19.8 Å². The first-order chi connectivity index (χ1) is 28.1. The number of benzene rings is 10. The summed E-state index contributed by atoms with van der Waals surface area (Å²) in [5, 5.41) is 7.59. The van der Waals surface area contributed by atoms with Gasteiger partial charge in [0.05, 0.1) is 0 Å². The predicted molar refractivity (Wildman–Crippen MR) is 246 cm³/mol. The van der Waals surface area contributed by atoms with Crippen molar-refractivity contribution in [1.82, 2.24) is 0 Å². The predicted octanol–water partition coefficient (Wildman–Crippen LogP) is 16.3. The van der Waals surface area contributed by atoms with Crippen LogP contribution in [0, 0.1) is 0 Å². The van der Waals surface area contributed by atoms with Gasteiger partial charge >= 0.3 is 0 Å². The summed E-state index contributed by atoms with van der Waals surface area (Å²) in [7, 11) is 0. The molecule has 0 radical (unpaired) electrons. The number of fused-ring (bicyclic) bond motifs is 3. The highest BCUT2D eigenvalue weighted by molar-refractivity contribution is 6.21. The summed E-state index contributed by atoms with van der Waals surface area (Å²) >= 11 is 0. The fourth-order valence-corrected chi connectivity index (χ4v) is 8.80. The largest absolute Gasteiger partial charge is 0.0622 e. The van der Waals surface area contributed by atoms with Crippen LogP contribution in [0.15, 0.2) is 212 Å². The molecule has 0 heterocycles. The first-order valence-corrected chi connectivity index (χ1v) is 20.0. The zero-order valence-corrected chi connectivity index (χ0v) is 32.3. The highest BCUT2D eigenvalue weighted by atomic mass is 14.2. The lowest BCUT2D eigenvalue weighted by molar-refractivity contribution is 0.867. The van der Waals surface area contributed by atoms with Crippen molar-refractivity contribution in [3.8, 4) is 66.8 Å². The Morgan fingerprint density at radius 3 is 1.40 bits per heavy atom. The fraction of sp³-hybridized carbons (Fsp3) is 0.0526. The van der Waals surface area contributed by atoms with Gasteiger partial charge in [-0.1, -0.05) is 214 Å². The minimum atomic E-state index is 0.452. The molecule has 0 aliphatic heterocycles. The second kappa shape index (κ2) is 14.6. The number of hydrogen-bond donors (Lipinski definition) is 0. The van der Waals surface area contributed by atoms with Crippen molar-refractivity contribution < 1.29 is 0 Å². The second-order valence-corrected chi connectivity index (χ2v) is 15.4. The van der Waals surface area contributed by atoms with Crippen molar-refractivity contribution in [2.75, 3.05) is 0 Å². The third kappa shape index (κ3) is 6.30. The van der Waals surface area contributed by atoms with E-state index >= 15 is 0 Å². The van der Waals surface area contributed by atoms with Crippen LogP contribution in [0.4, 0.5) is 0 Å². The van der Waals surface area contributed by atoms with E-state index in [9.17, 15) is 0 Å². The van der Waals surface area contributed by atoms with Crippen molar-refractivity contribution in [3.63, 3.8) is 0 Å². The van der Waals surface area contributed by atoms with Crippen molar-refractivity contribution in [3.05, 3.63) is 218 Å². The first-order valence-electron chi connectivity index (χ1n) is 20.0. The van der Waals surface area contributed by atoms with E-state index in [0.717, 1.165) is 0 Å². The third-order valence-corrected chi connectivity index (χ3v) is 11.7. The van der Waals surface area contributed by atoms with Gasteiger partial charge in [0.2, 0.25) is 0 Å².